The van der Waals surface area contributed by atoms with E-state index in [1.807, 2.05) is 55.5 Å². The van der Waals surface area contributed by atoms with E-state index in [2.05, 4.69) is 48.2 Å². The first-order valence-corrected chi connectivity index (χ1v) is 15.1. The molecule has 1 aromatic heterocycles. The zero-order valence-electron chi connectivity index (χ0n) is 25.3. The Kier molecular flexibility index (Phi) is 10.3. The van der Waals surface area contributed by atoms with Gasteiger partial charge in [0.15, 0.2) is 0 Å². The van der Waals surface area contributed by atoms with Gasteiger partial charge >= 0.3 is 0 Å². The summed E-state index contributed by atoms with van der Waals surface area (Å²) >= 11 is 0. The van der Waals surface area contributed by atoms with Crippen LogP contribution in [0.4, 0.5) is 0 Å². The molecule has 0 saturated carbocycles. The monoisotopic (exact) mass is 569 g/mol. The standard InChI is InChI=1S/C35H43N3O4/c1-5-26-22-28-23-38(21-19-32(28)36-31(26)6-2)20-18-25(3)37-40-24-35-34(41-30-14-12-29(39-4)13-15-30)17-16-33(42-35)27-10-8-7-9-11-27/h7-17,22,33-35H,5-6,18-21,23-24H2,1-4H3/b37-25+/t33-,34-,35+/m0/s1. The molecule has 0 amide bonds. The molecule has 42 heavy (non-hydrogen) atoms. The molecule has 5 rings (SSSR count). The third kappa shape index (κ3) is 7.58. The van der Waals surface area contributed by atoms with E-state index < -0.39 is 0 Å². The number of hydrogen-bond acceptors (Lipinski definition) is 7. The normalized spacial score (nSPS) is 20.7. The molecule has 0 radical (unpaired) electrons. The highest BCUT2D eigenvalue weighted by Gasteiger charge is 2.30. The first-order chi connectivity index (χ1) is 20.6. The van der Waals surface area contributed by atoms with Crippen molar-refractivity contribution >= 4 is 5.71 Å². The molecule has 2 aromatic carbocycles. The summed E-state index contributed by atoms with van der Waals surface area (Å²) in [6, 6.07) is 20.1. The first-order valence-electron chi connectivity index (χ1n) is 15.1. The smallest absolute Gasteiger partial charge is 0.147 e. The van der Waals surface area contributed by atoms with Crippen molar-refractivity contribution in [2.24, 2.45) is 5.16 Å². The van der Waals surface area contributed by atoms with Crippen molar-refractivity contribution in [3.63, 3.8) is 0 Å². The van der Waals surface area contributed by atoms with Crippen LogP contribution in [0.1, 0.15) is 61.4 Å². The van der Waals surface area contributed by atoms with Crippen molar-refractivity contribution in [2.45, 2.75) is 71.3 Å². The Hall–Kier alpha value is -3.68. The predicted octanol–water partition coefficient (Wildman–Crippen LogP) is 6.50. The number of oxime groups is 1. The molecule has 0 saturated heterocycles. The Morgan fingerprint density at radius 2 is 1.81 bits per heavy atom. The molecule has 3 aromatic rings. The number of ether oxygens (including phenoxy) is 3. The number of benzene rings is 2. The highest BCUT2D eigenvalue weighted by molar-refractivity contribution is 5.81. The van der Waals surface area contributed by atoms with Crippen molar-refractivity contribution < 1.29 is 19.0 Å². The Labute approximate surface area is 250 Å². The second-order valence-corrected chi connectivity index (χ2v) is 11.0. The van der Waals surface area contributed by atoms with Gasteiger partial charge in [-0.05, 0) is 66.8 Å². The van der Waals surface area contributed by atoms with Gasteiger partial charge in [0.05, 0.1) is 12.8 Å². The molecular weight excluding hydrogens is 526 g/mol. The molecule has 0 unspecified atom stereocenters. The van der Waals surface area contributed by atoms with Crippen LogP contribution in [0.3, 0.4) is 0 Å². The van der Waals surface area contributed by atoms with Crippen LogP contribution in [-0.2, 0) is 35.4 Å². The first kappa shape index (κ1) is 29.8. The molecule has 0 N–H and O–H groups in total. The van der Waals surface area contributed by atoms with Crippen molar-refractivity contribution in [2.75, 3.05) is 26.8 Å². The highest BCUT2D eigenvalue weighted by atomic mass is 16.6. The van der Waals surface area contributed by atoms with Gasteiger partial charge < -0.3 is 19.0 Å². The maximum Gasteiger partial charge on any atom is 0.147 e. The van der Waals surface area contributed by atoms with Crippen molar-refractivity contribution in [3.05, 3.63) is 101 Å². The third-order valence-electron chi connectivity index (χ3n) is 8.01. The lowest BCUT2D eigenvalue weighted by atomic mass is 9.99. The van der Waals surface area contributed by atoms with Gasteiger partial charge in [-0.3, -0.25) is 9.88 Å². The van der Waals surface area contributed by atoms with Crippen LogP contribution in [0.2, 0.25) is 0 Å². The number of methoxy groups -OCH3 is 1. The van der Waals surface area contributed by atoms with Crippen LogP contribution in [0.25, 0.3) is 0 Å². The molecule has 0 aliphatic carbocycles. The number of nitrogens with zero attached hydrogens (tertiary/aromatic N) is 3. The average molecular weight is 570 g/mol. The van der Waals surface area contributed by atoms with Crippen LogP contribution in [0, 0.1) is 0 Å². The van der Waals surface area contributed by atoms with Crippen LogP contribution in [0.5, 0.6) is 11.5 Å². The van der Waals surface area contributed by atoms with E-state index in [1.165, 1.54) is 22.5 Å². The molecule has 3 atom stereocenters. The van der Waals surface area contributed by atoms with E-state index in [4.69, 9.17) is 24.0 Å². The Morgan fingerprint density at radius 1 is 1.02 bits per heavy atom. The van der Waals surface area contributed by atoms with E-state index in [9.17, 15) is 0 Å². The number of hydrogen-bond donors (Lipinski definition) is 0. The second kappa shape index (κ2) is 14.5. The summed E-state index contributed by atoms with van der Waals surface area (Å²) in [6.07, 6.45) is 7.19. The molecule has 2 aliphatic heterocycles. The number of fused-ring (bicyclic) bond motifs is 1. The van der Waals surface area contributed by atoms with Gasteiger partial charge in [0, 0.05) is 43.9 Å². The second-order valence-electron chi connectivity index (χ2n) is 11.0. The van der Waals surface area contributed by atoms with Crippen LogP contribution >= 0.6 is 0 Å². The topological polar surface area (TPSA) is 65.4 Å². The van der Waals surface area contributed by atoms with Crippen LogP contribution < -0.4 is 9.47 Å². The number of pyridine rings is 1. The summed E-state index contributed by atoms with van der Waals surface area (Å²) in [4.78, 5) is 13.3. The van der Waals surface area contributed by atoms with E-state index in [0.717, 1.165) is 68.1 Å². The van der Waals surface area contributed by atoms with Crippen molar-refractivity contribution in [1.29, 1.82) is 0 Å². The maximum absolute atomic E-state index is 6.46. The fourth-order valence-electron chi connectivity index (χ4n) is 5.55. The fraction of sp³-hybridized carbons (Fsp3) is 0.429. The van der Waals surface area contributed by atoms with Gasteiger partial charge in [0.1, 0.15) is 36.4 Å². The van der Waals surface area contributed by atoms with Crippen molar-refractivity contribution in [3.8, 4) is 11.5 Å². The predicted molar refractivity (Wildman–Crippen MR) is 166 cm³/mol. The summed E-state index contributed by atoms with van der Waals surface area (Å²) in [6.45, 7) is 9.64. The minimum atomic E-state index is -0.328. The molecule has 7 heteroatoms. The highest BCUT2D eigenvalue weighted by Crippen LogP contribution is 2.29. The zero-order valence-corrected chi connectivity index (χ0v) is 25.3. The summed E-state index contributed by atoms with van der Waals surface area (Å²) in [5.74, 6) is 1.53. The SMILES string of the molecule is CCc1cc2c(nc1CC)CCN(CC/C(C)=N/OC[C@H]1O[C@H](c3ccccc3)C=C[C@@H]1Oc1ccc(OC)cc1)C2. The number of aromatic nitrogens is 1. The lowest BCUT2D eigenvalue weighted by Gasteiger charge is -2.32. The van der Waals surface area contributed by atoms with Crippen molar-refractivity contribution in [1.82, 2.24) is 9.88 Å². The molecular formula is C35H43N3O4. The minimum absolute atomic E-state index is 0.168. The minimum Gasteiger partial charge on any atom is -0.497 e. The molecule has 0 bridgehead atoms. The Morgan fingerprint density at radius 3 is 2.55 bits per heavy atom. The molecule has 2 aliphatic rings. The van der Waals surface area contributed by atoms with Gasteiger partial charge in [-0.2, -0.15) is 0 Å². The lowest BCUT2D eigenvalue weighted by Crippen LogP contribution is -2.39. The molecule has 222 valence electrons. The summed E-state index contributed by atoms with van der Waals surface area (Å²) < 4.78 is 18.0. The molecule has 0 spiro atoms. The quantitative estimate of drug-likeness (QED) is 0.141. The van der Waals surface area contributed by atoms with Gasteiger partial charge in [-0.15, -0.1) is 0 Å². The van der Waals surface area contributed by atoms with E-state index in [0.29, 0.717) is 0 Å². The maximum atomic E-state index is 6.46. The number of rotatable bonds is 12. The molecule has 7 nitrogen and oxygen atoms in total. The van der Waals surface area contributed by atoms with Crippen LogP contribution in [-0.4, -0.2) is 54.6 Å². The van der Waals surface area contributed by atoms with Gasteiger partial charge in [0.2, 0.25) is 0 Å². The van der Waals surface area contributed by atoms with Gasteiger partial charge in [-0.25, -0.2) is 0 Å². The van der Waals surface area contributed by atoms with Gasteiger partial charge in [-0.1, -0.05) is 61.5 Å². The van der Waals surface area contributed by atoms with E-state index in [-0.39, 0.29) is 24.9 Å². The zero-order chi connectivity index (χ0) is 29.3. The number of aryl methyl sites for hydroxylation is 2. The third-order valence-corrected chi connectivity index (χ3v) is 8.01. The fourth-order valence-corrected chi connectivity index (χ4v) is 5.55. The van der Waals surface area contributed by atoms with Crippen LogP contribution in [0.15, 0.2) is 78.0 Å². The molecule has 0 fully saturated rings. The Bertz CT molecular complexity index is 1360. The summed E-state index contributed by atoms with van der Waals surface area (Å²) in [5.41, 5.74) is 7.35. The Balaban J connectivity index is 1.17. The summed E-state index contributed by atoms with van der Waals surface area (Å²) in [5, 5.41) is 4.46. The van der Waals surface area contributed by atoms with E-state index >= 15 is 0 Å². The molecule has 3 heterocycles. The largest absolute Gasteiger partial charge is 0.497 e. The average Bonchev–Trinajstić information content (AvgIpc) is 3.04. The summed E-state index contributed by atoms with van der Waals surface area (Å²) in [7, 11) is 1.65. The van der Waals surface area contributed by atoms with Gasteiger partial charge in [0.25, 0.3) is 0 Å². The van der Waals surface area contributed by atoms with E-state index in [1.54, 1.807) is 7.11 Å². The lowest BCUT2D eigenvalue weighted by molar-refractivity contribution is -0.0878.